The highest BCUT2D eigenvalue weighted by atomic mass is 15.4. The van der Waals surface area contributed by atoms with E-state index in [1.807, 2.05) is 0 Å². The Bertz CT molecular complexity index is 2130. The van der Waals surface area contributed by atoms with Gasteiger partial charge in [-0.2, -0.15) is 0 Å². The van der Waals surface area contributed by atoms with Crippen LogP contribution in [0.25, 0.3) is 11.1 Å². The van der Waals surface area contributed by atoms with E-state index in [9.17, 15) is 0 Å². The van der Waals surface area contributed by atoms with Crippen molar-refractivity contribution in [2.45, 2.75) is 23.7 Å². The first-order valence-corrected chi connectivity index (χ1v) is 17.5. The minimum absolute atomic E-state index is 0.457. The lowest BCUT2D eigenvalue weighted by molar-refractivity contribution is 0.360. The molecule has 48 heavy (non-hydrogen) atoms. The van der Waals surface area contributed by atoms with Crippen LogP contribution in [-0.2, 0) is 10.8 Å². The first-order valence-electron chi connectivity index (χ1n) is 17.5. The molecule has 3 heteroatoms. The second-order valence-electron chi connectivity index (χ2n) is 13.6. The van der Waals surface area contributed by atoms with Gasteiger partial charge < -0.3 is 9.80 Å². The van der Waals surface area contributed by atoms with Gasteiger partial charge in [0.2, 0.25) is 5.96 Å². The van der Waals surface area contributed by atoms with Gasteiger partial charge in [-0.15, -0.1) is 0 Å². The minimum atomic E-state index is -0.536. The molecule has 0 radical (unpaired) electrons. The molecule has 2 aliphatic carbocycles. The SMILES string of the molecule is c1ccc(C2(c3ccccc3)c3ccccc3C3(c4ccccc4-c4ccccc43)c3ccc(N4CCCN5CCCN=C54)cc32)cc1. The van der Waals surface area contributed by atoms with Crippen LogP contribution < -0.4 is 4.90 Å². The molecule has 232 valence electrons. The van der Waals surface area contributed by atoms with Crippen LogP contribution in [0.1, 0.15) is 57.3 Å². The van der Waals surface area contributed by atoms with E-state index < -0.39 is 10.8 Å². The predicted octanol–water partition coefficient (Wildman–Crippen LogP) is 9.02. The Morgan fingerprint density at radius 1 is 0.438 bits per heavy atom. The van der Waals surface area contributed by atoms with Gasteiger partial charge >= 0.3 is 0 Å². The topological polar surface area (TPSA) is 18.8 Å². The fourth-order valence-corrected chi connectivity index (χ4v) is 9.62. The third-order valence-electron chi connectivity index (χ3n) is 11.4. The summed E-state index contributed by atoms with van der Waals surface area (Å²) in [4.78, 5) is 10.1. The van der Waals surface area contributed by atoms with Gasteiger partial charge in [0.1, 0.15) is 0 Å². The maximum atomic E-state index is 5.11. The molecule has 10 rings (SSSR count). The van der Waals surface area contributed by atoms with Crippen molar-refractivity contribution in [3.05, 3.63) is 196 Å². The number of rotatable bonds is 3. The van der Waals surface area contributed by atoms with Crippen LogP contribution >= 0.6 is 0 Å². The van der Waals surface area contributed by atoms with Gasteiger partial charge in [-0.25, -0.2) is 0 Å². The average Bonchev–Trinajstić information content (AvgIpc) is 3.46. The molecule has 2 aliphatic heterocycles. The number of aliphatic imine (C=N–C) groups is 1. The maximum Gasteiger partial charge on any atom is 0.201 e. The van der Waals surface area contributed by atoms with E-state index in [0.29, 0.717) is 0 Å². The molecule has 0 bridgehead atoms. The lowest BCUT2D eigenvalue weighted by atomic mass is 9.51. The molecule has 1 saturated heterocycles. The van der Waals surface area contributed by atoms with E-state index in [1.54, 1.807) is 0 Å². The fourth-order valence-electron chi connectivity index (χ4n) is 9.62. The lowest BCUT2D eigenvalue weighted by Gasteiger charge is -2.50. The molecular formula is C45H37N3. The molecule has 1 fully saturated rings. The summed E-state index contributed by atoms with van der Waals surface area (Å²) in [5.74, 6) is 1.14. The Morgan fingerprint density at radius 2 is 0.958 bits per heavy atom. The van der Waals surface area contributed by atoms with Gasteiger partial charge in [-0.1, -0.05) is 140 Å². The van der Waals surface area contributed by atoms with Crippen molar-refractivity contribution >= 4 is 11.6 Å². The van der Waals surface area contributed by atoms with E-state index in [4.69, 9.17) is 4.99 Å². The summed E-state index contributed by atoms with van der Waals surface area (Å²) >= 11 is 0. The number of guanidine groups is 1. The fraction of sp³-hybridized carbons (Fsp3) is 0.178. The molecule has 0 unspecified atom stereocenters. The summed E-state index contributed by atoms with van der Waals surface area (Å²) in [6.45, 7) is 4.05. The summed E-state index contributed by atoms with van der Waals surface area (Å²) in [6, 6.07) is 57.4. The van der Waals surface area contributed by atoms with Gasteiger partial charge in [0, 0.05) is 31.9 Å². The summed E-state index contributed by atoms with van der Waals surface area (Å²) in [6.07, 6.45) is 2.26. The van der Waals surface area contributed by atoms with Crippen molar-refractivity contribution in [1.82, 2.24) is 4.90 Å². The molecule has 6 aromatic carbocycles. The van der Waals surface area contributed by atoms with Crippen LogP contribution in [0.2, 0.25) is 0 Å². The highest BCUT2D eigenvalue weighted by Gasteiger charge is 2.56. The normalized spacial score (nSPS) is 17.9. The molecule has 4 aliphatic rings. The van der Waals surface area contributed by atoms with Crippen molar-refractivity contribution in [3.63, 3.8) is 0 Å². The Balaban J connectivity index is 1.37. The van der Waals surface area contributed by atoms with Gasteiger partial charge in [-0.3, -0.25) is 4.99 Å². The second kappa shape index (κ2) is 10.6. The maximum absolute atomic E-state index is 5.11. The van der Waals surface area contributed by atoms with E-state index in [0.717, 1.165) is 45.0 Å². The number of benzene rings is 6. The van der Waals surface area contributed by atoms with Crippen LogP contribution in [0, 0.1) is 0 Å². The van der Waals surface area contributed by atoms with Crippen LogP contribution in [0.15, 0.2) is 157 Å². The standard InChI is InChI=1S/C45H37N3/c1-3-15-32(16-4-1)44(33-17-5-2-6-18-33)39-23-11-12-24-40(39)45(37-21-9-7-19-35(37)36-20-8-10-22-38(36)45)41-26-25-34(31-42(41)44)48-30-14-29-47-28-13-27-46-43(47)48/h1-12,15-26,31H,13-14,27-30H2. The van der Waals surface area contributed by atoms with E-state index in [1.165, 1.54) is 61.3 Å². The van der Waals surface area contributed by atoms with Crippen LogP contribution in [-0.4, -0.2) is 37.0 Å². The number of anilines is 1. The predicted molar refractivity (Wildman–Crippen MR) is 196 cm³/mol. The molecule has 1 spiro atoms. The molecule has 0 saturated carbocycles. The molecule has 0 atom stereocenters. The zero-order valence-corrected chi connectivity index (χ0v) is 27.0. The van der Waals surface area contributed by atoms with E-state index in [2.05, 4.69) is 161 Å². The van der Waals surface area contributed by atoms with Gasteiger partial charge in [0.05, 0.1) is 10.8 Å². The number of nitrogens with zero attached hydrogens (tertiary/aromatic N) is 3. The monoisotopic (exact) mass is 619 g/mol. The molecule has 0 aromatic heterocycles. The highest BCUT2D eigenvalue weighted by Crippen LogP contribution is 2.64. The molecule has 0 N–H and O–H groups in total. The summed E-state index contributed by atoms with van der Waals surface area (Å²) in [5.41, 5.74) is 13.6. The largest absolute Gasteiger partial charge is 0.342 e. The molecular weight excluding hydrogens is 583 g/mol. The number of fused-ring (bicyclic) bond motifs is 10. The first-order chi connectivity index (χ1) is 23.8. The molecule has 0 amide bonds. The Labute approximate surface area is 282 Å². The Morgan fingerprint density at radius 3 is 1.60 bits per heavy atom. The van der Waals surface area contributed by atoms with Crippen LogP contribution in [0.5, 0.6) is 0 Å². The van der Waals surface area contributed by atoms with Gasteiger partial charge in [0.15, 0.2) is 0 Å². The van der Waals surface area contributed by atoms with Crippen molar-refractivity contribution in [2.24, 2.45) is 4.99 Å². The lowest BCUT2D eigenvalue weighted by Crippen LogP contribution is -2.52. The molecule has 6 aromatic rings. The first kappa shape index (κ1) is 27.7. The van der Waals surface area contributed by atoms with Crippen molar-refractivity contribution in [3.8, 4) is 11.1 Å². The second-order valence-corrected chi connectivity index (χ2v) is 13.6. The van der Waals surface area contributed by atoms with Crippen molar-refractivity contribution in [1.29, 1.82) is 0 Å². The highest BCUT2D eigenvalue weighted by molar-refractivity contribution is 5.98. The van der Waals surface area contributed by atoms with E-state index in [-0.39, 0.29) is 0 Å². The van der Waals surface area contributed by atoms with Crippen LogP contribution in [0.3, 0.4) is 0 Å². The average molecular weight is 620 g/mol. The number of hydrogen-bond acceptors (Lipinski definition) is 3. The zero-order chi connectivity index (χ0) is 31.7. The minimum Gasteiger partial charge on any atom is -0.342 e. The smallest absolute Gasteiger partial charge is 0.201 e. The van der Waals surface area contributed by atoms with Crippen molar-refractivity contribution in [2.75, 3.05) is 31.1 Å². The Hall–Kier alpha value is -5.41. The summed E-state index contributed by atoms with van der Waals surface area (Å²) < 4.78 is 0. The van der Waals surface area contributed by atoms with Gasteiger partial charge in [0.25, 0.3) is 0 Å². The zero-order valence-electron chi connectivity index (χ0n) is 27.0. The van der Waals surface area contributed by atoms with Gasteiger partial charge in [-0.05, 0) is 80.6 Å². The van der Waals surface area contributed by atoms with Crippen LogP contribution in [0.4, 0.5) is 5.69 Å². The summed E-state index contributed by atoms with van der Waals surface area (Å²) in [7, 11) is 0. The third-order valence-corrected chi connectivity index (χ3v) is 11.4. The molecule has 3 nitrogen and oxygen atoms in total. The quantitative estimate of drug-likeness (QED) is 0.197. The number of hydrogen-bond donors (Lipinski definition) is 0. The third kappa shape index (κ3) is 3.56. The van der Waals surface area contributed by atoms with E-state index >= 15 is 0 Å². The molecule has 2 heterocycles. The summed E-state index contributed by atoms with van der Waals surface area (Å²) in [5, 5.41) is 0. The van der Waals surface area contributed by atoms with Crippen molar-refractivity contribution < 1.29 is 0 Å². The Kier molecular flexibility index (Phi) is 6.08.